The van der Waals surface area contributed by atoms with Crippen LogP contribution in [0.2, 0.25) is 0 Å². The van der Waals surface area contributed by atoms with Crippen molar-refractivity contribution in [3.63, 3.8) is 0 Å². The largest absolute Gasteiger partial charge is 0.326 e. The van der Waals surface area contributed by atoms with E-state index in [1.807, 2.05) is 37.3 Å². The molecule has 0 spiro atoms. The van der Waals surface area contributed by atoms with E-state index in [0.29, 0.717) is 11.5 Å². The van der Waals surface area contributed by atoms with Gasteiger partial charge < -0.3 is 5.32 Å². The molecule has 0 amide bonds. The fourth-order valence-corrected chi connectivity index (χ4v) is 1.36. The maximum Gasteiger partial charge on any atom is 0.255 e. The van der Waals surface area contributed by atoms with Crippen molar-refractivity contribution in [2.24, 2.45) is 0 Å². The Morgan fingerprint density at radius 2 is 1.88 bits per heavy atom. The molecular weight excluding hydrogens is 202 g/mol. The molecule has 2 N–H and O–H groups in total. The number of aromatic amines is 1. The summed E-state index contributed by atoms with van der Waals surface area (Å²) in [6, 6.07) is 9.59. The van der Waals surface area contributed by atoms with Crippen molar-refractivity contribution in [2.45, 2.75) is 13.8 Å². The number of H-pyrrole nitrogens is 1. The van der Waals surface area contributed by atoms with Gasteiger partial charge in [0.25, 0.3) is 5.56 Å². The van der Waals surface area contributed by atoms with E-state index in [1.54, 1.807) is 6.92 Å². The molecule has 4 heteroatoms. The smallest absolute Gasteiger partial charge is 0.255 e. The summed E-state index contributed by atoms with van der Waals surface area (Å²) in [5, 5.41) is 3.05. The number of aromatic nitrogens is 2. The van der Waals surface area contributed by atoms with E-state index >= 15 is 0 Å². The van der Waals surface area contributed by atoms with Gasteiger partial charge in [-0.3, -0.25) is 9.78 Å². The van der Waals surface area contributed by atoms with Crippen LogP contribution in [-0.4, -0.2) is 9.97 Å². The summed E-state index contributed by atoms with van der Waals surface area (Å²) in [5.41, 5.74) is 2.18. The van der Waals surface area contributed by atoms with Crippen molar-refractivity contribution in [2.75, 3.05) is 5.32 Å². The van der Waals surface area contributed by atoms with Crippen LogP contribution in [0.3, 0.4) is 0 Å². The van der Waals surface area contributed by atoms with Gasteiger partial charge in [0.1, 0.15) is 0 Å². The van der Waals surface area contributed by atoms with Crippen LogP contribution in [0.4, 0.5) is 11.6 Å². The van der Waals surface area contributed by atoms with Crippen LogP contribution in [0.15, 0.2) is 35.1 Å². The van der Waals surface area contributed by atoms with Gasteiger partial charge in [-0.2, -0.15) is 0 Å². The molecule has 0 unspecified atom stereocenters. The Morgan fingerprint density at radius 1 is 1.19 bits per heavy atom. The van der Waals surface area contributed by atoms with Crippen molar-refractivity contribution >= 4 is 11.6 Å². The molecule has 1 heterocycles. The number of nitrogens with one attached hydrogen (secondary N) is 2. The van der Waals surface area contributed by atoms with E-state index in [4.69, 9.17) is 0 Å². The van der Waals surface area contributed by atoms with Crippen molar-refractivity contribution in [3.05, 3.63) is 51.9 Å². The topological polar surface area (TPSA) is 57.8 Å². The predicted molar refractivity (Wildman–Crippen MR) is 64.1 cm³/mol. The first kappa shape index (κ1) is 10.4. The Morgan fingerprint density at radius 3 is 2.50 bits per heavy atom. The third-order valence-corrected chi connectivity index (χ3v) is 2.43. The zero-order chi connectivity index (χ0) is 11.5. The lowest BCUT2D eigenvalue weighted by Gasteiger charge is -2.06. The molecule has 0 aliphatic heterocycles. The first-order valence-corrected chi connectivity index (χ1v) is 5.06. The normalized spacial score (nSPS) is 10.1. The predicted octanol–water partition coefficient (Wildman–Crippen LogP) is 2.13. The van der Waals surface area contributed by atoms with E-state index < -0.39 is 0 Å². The van der Waals surface area contributed by atoms with Crippen LogP contribution in [0.5, 0.6) is 0 Å². The lowest BCUT2D eigenvalue weighted by atomic mass is 10.3. The molecule has 0 saturated carbocycles. The Kier molecular flexibility index (Phi) is 2.72. The Balaban J connectivity index is 2.33. The third kappa shape index (κ3) is 2.11. The molecule has 0 radical (unpaired) electrons. The average molecular weight is 215 g/mol. The van der Waals surface area contributed by atoms with Gasteiger partial charge in [-0.1, -0.05) is 18.2 Å². The molecule has 0 aliphatic carbocycles. The van der Waals surface area contributed by atoms with Crippen LogP contribution in [0, 0.1) is 13.8 Å². The van der Waals surface area contributed by atoms with Gasteiger partial charge in [-0.05, 0) is 26.0 Å². The van der Waals surface area contributed by atoms with Crippen LogP contribution in [0.25, 0.3) is 0 Å². The number of para-hydroxylation sites is 1. The van der Waals surface area contributed by atoms with Crippen molar-refractivity contribution in [3.8, 4) is 0 Å². The fourth-order valence-electron chi connectivity index (χ4n) is 1.36. The highest BCUT2D eigenvalue weighted by Gasteiger charge is 2.03. The van der Waals surface area contributed by atoms with Crippen molar-refractivity contribution in [1.82, 2.24) is 9.97 Å². The van der Waals surface area contributed by atoms with Gasteiger partial charge in [0.15, 0.2) is 0 Å². The standard InChI is InChI=1S/C12H13N3O/c1-8-9(2)13-12(15-11(8)16)14-10-6-4-3-5-7-10/h3-7H,1-2H3,(H2,13,14,15,16). The van der Waals surface area contributed by atoms with Gasteiger partial charge in [0.2, 0.25) is 5.95 Å². The monoisotopic (exact) mass is 215 g/mol. The number of anilines is 2. The minimum absolute atomic E-state index is 0.106. The van der Waals surface area contributed by atoms with E-state index in [9.17, 15) is 4.79 Å². The molecule has 0 atom stereocenters. The third-order valence-electron chi connectivity index (χ3n) is 2.43. The second-order valence-corrected chi connectivity index (χ2v) is 3.62. The quantitative estimate of drug-likeness (QED) is 0.806. The lowest BCUT2D eigenvalue weighted by Crippen LogP contribution is -2.15. The first-order chi connectivity index (χ1) is 7.66. The molecule has 1 aromatic carbocycles. The number of aryl methyl sites for hydroxylation is 1. The molecule has 4 nitrogen and oxygen atoms in total. The second-order valence-electron chi connectivity index (χ2n) is 3.62. The zero-order valence-corrected chi connectivity index (χ0v) is 9.24. The molecule has 2 rings (SSSR count). The van der Waals surface area contributed by atoms with Gasteiger partial charge >= 0.3 is 0 Å². The highest BCUT2D eigenvalue weighted by molar-refractivity contribution is 5.52. The Hall–Kier alpha value is -2.10. The summed E-state index contributed by atoms with van der Waals surface area (Å²) in [6.07, 6.45) is 0. The maximum atomic E-state index is 11.5. The fraction of sp³-hybridized carbons (Fsp3) is 0.167. The number of hydrogen-bond donors (Lipinski definition) is 2. The molecule has 2 aromatic rings. The van der Waals surface area contributed by atoms with Gasteiger partial charge in [-0.15, -0.1) is 0 Å². The SMILES string of the molecule is Cc1nc(Nc2ccccc2)[nH]c(=O)c1C. The number of nitrogens with zero attached hydrogens (tertiary/aromatic N) is 1. The lowest BCUT2D eigenvalue weighted by molar-refractivity contribution is 1.03. The summed E-state index contributed by atoms with van der Waals surface area (Å²) >= 11 is 0. The molecule has 1 aromatic heterocycles. The van der Waals surface area contributed by atoms with Gasteiger partial charge in [0, 0.05) is 16.9 Å². The van der Waals surface area contributed by atoms with Gasteiger partial charge in [-0.25, -0.2) is 4.98 Å². The summed E-state index contributed by atoms with van der Waals surface area (Å²) in [4.78, 5) is 18.5. The minimum atomic E-state index is -0.106. The summed E-state index contributed by atoms with van der Waals surface area (Å²) in [7, 11) is 0. The van der Waals surface area contributed by atoms with Crippen LogP contribution in [-0.2, 0) is 0 Å². The Labute approximate surface area is 93.4 Å². The molecule has 16 heavy (non-hydrogen) atoms. The van der Waals surface area contributed by atoms with Crippen LogP contribution < -0.4 is 10.9 Å². The Bertz CT molecular complexity index is 546. The molecule has 82 valence electrons. The molecule has 0 fully saturated rings. The molecule has 0 aliphatic rings. The summed E-state index contributed by atoms with van der Waals surface area (Å²) in [6.45, 7) is 3.58. The summed E-state index contributed by atoms with van der Waals surface area (Å²) < 4.78 is 0. The van der Waals surface area contributed by atoms with Crippen LogP contribution in [0.1, 0.15) is 11.3 Å². The average Bonchev–Trinajstić information content (AvgIpc) is 2.27. The number of hydrogen-bond acceptors (Lipinski definition) is 3. The second kappa shape index (κ2) is 4.18. The first-order valence-electron chi connectivity index (χ1n) is 5.06. The maximum absolute atomic E-state index is 11.5. The van der Waals surface area contributed by atoms with E-state index in [2.05, 4.69) is 15.3 Å². The summed E-state index contributed by atoms with van der Waals surface area (Å²) in [5.74, 6) is 0.472. The molecule has 0 bridgehead atoms. The van der Waals surface area contributed by atoms with E-state index in [-0.39, 0.29) is 5.56 Å². The van der Waals surface area contributed by atoms with Crippen molar-refractivity contribution < 1.29 is 0 Å². The van der Waals surface area contributed by atoms with E-state index in [1.165, 1.54) is 0 Å². The highest BCUT2D eigenvalue weighted by Crippen LogP contribution is 2.11. The minimum Gasteiger partial charge on any atom is -0.326 e. The highest BCUT2D eigenvalue weighted by atomic mass is 16.1. The van der Waals surface area contributed by atoms with E-state index in [0.717, 1.165) is 11.4 Å². The van der Waals surface area contributed by atoms with Crippen molar-refractivity contribution in [1.29, 1.82) is 0 Å². The molecular formula is C12H13N3O. The number of rotatable bonds is 2. The zero-order valence-electron chi connectivity index (χ0n) is 9.24. The van der Waals surface area contributed by atoms with Crippen LogP contribution >= 0.6 is 0 Å². The van der Waals surface area contributed by atoms with Gasteiger partial charge in [0.05, 0.1) is 0 Å². The number of benzene rings is 1. The molecule has 0 saturated heterocycles.